The number of hydrogen-bond acceptors (Lipinski definition) is 4. The fraction of sp³-hybridized carbons (Fsp3) is 0.583. The fourth-order valence-electron chi connectivity index (χ4n) is 1.41. The first-order valence-corrected chi connectivity index (χ1v) is 7.71. The van der Waals surface area contributed by atoms with Crippen LogP contribution < -0.4 is 5.32 Å². The lowest BCUT2D eigenvalue weighted by Gasteiger charge is -2.23. The van der Waals surface area contributed by atoms with Crippen molar-refractivity contribution < 1.29 is 17.9 Å². The number of aromatic amines is 1. The minimum Gasteiger partial charge on any atom is -0.423 e. The van der Waals surface area contributed by atoms with Gasteiger partial charge in [0.05, 0.1) is 11.4 Å². The standard InChI is InChI=1S/C12H20N2O4S/c1-5-19(16,17)10(9-7-6-8-13-9)18-11(15)14-12(2,3)4/h6-8,10,13H,5H2,1-4H3,(H,14,15). The summed E-state index contributed by atoms with van der Waals surface area (Å²) < 4.78 is 29.0. The van der Waals surface area contributed by atoms with Gasteiger partial charge < -0.3 is 15.0 Å². The molecule has 1 atom stereocenters. The van der Waals surface area contributed by atoms with Crippen LogP contribution in [0.1, 0.15) is 38.8 Å². The third kappa shape index (κ3) is 4.59. The smallest absolute Gasteiger partial charge is 0.409 e. The number of ether oxygens (including phenoxy) is 1. The van der Waals surface area contributed by atoms with Crippen LogP contribution in [0.2, 0.25) is 0 Å². The Labute approximate surface area is 113 Å². The van der Waals surface area contributed by atoms with E-state index in [2.05, 4.69) is 10.3 Å². The van der Waals surface area contributed by atoms with Crippen LogP contribution in [0.15, 0.2) is 18.3 Å². The van der Waals surface area contributed by atoms with Crippen LogP contribution in [0.4, 0.5) is 4.79 Å². The van der Waals surface area contributed by atoms with Gasteiger partial charge in [0.25, 0.3) is 0 Å². The molecule has 7 heteroatoms. The highest BCUT2D eigenvalue weighted by molar-refractivity contribution is 7.91. The van der Waals surface area contributed by atoms with Crippen molar-refractivity contribution in [3.63, 3.8) is 0 Å². The van der Waals surface area contributed by atoms with Crippen molar-refractivity contribution in [3.8, 4) is 0 Å². The van der Waals surface area contributed by atoms with Gasteiger partial charge in [-0.1, -0.05) is 6.92 Å². The second-order valence-corrected chi connectivity index (χ2v) is 7.52. The molecule has 1 aromatic rings. The first-order chi connectivity index (χ1) is 8.65. The Balaban J connectivity index is 2.92. The maximum Gasteiger partial charge on any atom is 0.409 e. The molecule has 0 aromatic carbocycles. The second kappa shape index (κ2) is 5.64. The van der Waals surface area contributed by atoms with Crippen LogP contribution in [-0.2, 0) is 14.6 Å². The Hall–Kier alpha value is -1.50. The van der Waals surface area contributed by atoms with Gasteiger partial charge in [-0.25, -0.2) is 13.2 Å². The molecule has 2 N–H and O–H groups in total. The van der Waals surface area contributed by atoms with Crippen molar-refractivity contribution >= 4 is 15.9 Å². The molecule has 0 spiro atoms. The summed E-state index contributed by atoms with van der Waals surface area (Å²) in [6, 6.07) is 3.22. The average molecular weight is 288 g/mol. The lowest BCUT2D eigenvalue weighted by atomic mass is 10.1. The van der Waals surface area contributed by atoms with Gasteiger partial charge in [0.1, 0.15) is 0 Å². The van der Waals surface area contributed by atoms with Crippen molar-refractivity contribution in [2.45, 2.75) is 38.7 Å². The van der Waals surface area contributed by atoms with Crippen LogP contribution in [0.3, 0.4) is 0 Å². The van der Waals surface area contributed by atoms with E-state index in [1.54, 1.807) is 39.1 Å². The van der Waals surface area contributed by atoms with Crippen LogP contribution >= 0.6 is 0 Å². The molecule has 1 heterocycles. The zero-order valence-corrected chi connectivity index (χ0v) is 12.4. The Kier molecular flexibility index (Phi) is 4.62. The summed E-state index contributed by atoms with van der Waals surface area (Å²) in [6.07, 6.45) is 0.822. The summed E-state index contributed by atoms with van der Waals surface area (Å²) in [7, 11) is -3.55. The van der Waals surface area contributed by atoms with E-state index in [1.165, 1.54) is 6.92 Å². The molecule has 1 unspecified atom stereocenters. The summed E-state index contributed by atoms with van der Waals surface area (Å²) in [6.45, 7) is 6.86. The molecule has 0 saturated carbocycles. The summed E-state index contributed by atoms with van der Waals surface area (Å²) >= 11 is 0. The van der Waals surface area contributed by atoms with Crippen molar-refractivity contribution in [2.24, 2.45) is 0 Å². The topological polar surface area (TPSA) is 88.3 Å². The zero-order valence-electron chi connectivity index (χ0n) is 11.6. The van der Waals surface area contributed by atoms with E-state index in [4.69, 9.17) is 4.74 Å². The van der Waals surface area contributed by atoms with Crippen molar-refractivity contribution in [2.75, 3.05) is 5.75 Å². The summed E-state index contributed by atoms with van der Waals surface area (Å²) in [5.74, 6) is -0.112. The molecular formula is C12H20N2O4S. The van der Waals surface area contributed by atoms with Gasteiger partial charge in [-0.3, -0.25) is 0 Å². The lowest BCUT2D eigenvalue weighted by molar-refractivity contribution is 0.122. The largest absolute Gasteiger partial charge is 0.423 e. The Morgan fingerprint density at radius 1 is 1.47 bits per heavy atom. The zero-order chi connectivity index (χ0) is 14.7. The normalized spacial score (nSPS) is 13.9. The van der Waals surface area contributed by atoms with E-state index in [0.717, 1.165) is 0 Å². The number of aromatic nitrogens is 1. The number of H-pyrrole nitrogens is 1. The molecule has 1 rings (SSSR count). The van der Waals surface area contributed by atoms with E-state index in [0.29, 0.717) is 5.69 Å². The number of sulfone groups is 1. The third-order valence-corrected chi connectivity index (χ3v) is 4.10. The molecular weight excluding hydrogens is 268 g/mol. The molecule has 0 aliphatic rings. The SMILES string of the molecule is CCS(=O)(=O)C(OC(=O)NC(C)(C)C)c1ccc[nH]1. The average Bonchev–Trinajstić information content (AvgIpc) is 2.76. The van der Waals surface area contributed by atoms with E-state index in [9.17, 15) is 13.2 Å². The number of nitrogens with one attached hydrogen (secondary N) is 2. The number of rotatable bonds is 4. The Bertz CT molecular complexity index is 514. The highest BCUT2D eigenvalue weighted by atomic mass is 32.2. The van der Waals surface area contributed by atoms with E-state index in [1.807, 2.05) is 0 Å². The molecule has 19 heavy (non-hydrogen) atoms. The number of amides is 1. The highest BCUT2D eigenvalue weighted by Gasteiger charge is 2.31. The van der Waals surface area contributed by atoms with Gasteiger partial charge in [-0.15, -0.1) is 0 Å². The monoisotopic (exact) mass is 288 g/mol. The van der Waals surface area contributed by atoms with E-state index >= 15 is 0 Å². The minimum absolute atomic E-state index is 0.112. The first kappa shape index (κ1) is 15.6. The lowest BCUT2D eigenvalue weighted by Crippen LogP contribution is -2.42. The molecule has 0 aliphatic carbocycles. The van der Waals surface area contributed by atoms with Crippen LogP contribution in [0, 0.1) is 0 Å². The van der Waals surface area contributed by atoms with Gasteiger partial charge in [0.15, 0.2) is 9.84 Å². The fourth-order valence-corrected chi connectivity index (χ4v) is 2.48. The summed E-state index contributed by atoms with van der Waals surface area (Å²) in [5, 5.41) is 2.57. The van der Waals surface area contributed by atoms with Crippen LogP contribution in [0.25, 0.3) is 0 Å². The predicted octanol–water partition coefficient (Wildman–Crippen LogP) is 1.97. The van der Waals surface area contributed by atoms with Gasteiger partial charge in [0, 0.05) is 11.7 Å². The maximum atomic E-state index is 12.0. The summed E-state index contributed by atoms with van der Waals surface area (Å²) in [5.41, 5.74) is -1.46. The van der Waals surface area contributed by atoms with Crippen molar-refractivity contribution in [3.05, 3.63) is 24.0 Å². The third-order valence-electron chi connectivity index (χ3n) is 2.30. The first-order valence-electron chi connectivity index (χ1n) is 5.99. The van der Waals surface area contributed by atoms with Crippen LogP contribution in [0.5, 0.6) is 0 Å². The predicted molar refractivity (Wildman–Crippen MR) is 72.4 cm³/mol. The highest BCUT2D eigenvalue weighted by Crippen LogP contribution is 2.23. The number of alkyl carbamates (subject to hydrolysis) is 1. The summed E-state index contributed by atoms with van der Waals surface area (Å²) in [4.78, 5) is 14.5. The molecule has 0 aliphatic heterocycles. The van der Waals surface area contributed by atoms with Gasteiger partial charge in [0.2, 0.25) is 5.44 Å². The van der Waals surface area contributed by atoms with E-state index < -0.39 is 26.9 Å². The van der Waals surface area contributed by atoms with Gasteiger partial charge in [-0.2, -0.15) is 0 Å². The Morgan fingerprint density at radius 3 is 2.53 bits per heavy atom. The second-order valence-electron chi connectivity index (χ2n) is 5.19. The molecule has 0 saturated heterocycles. The van der Waals surface area contributed by atoms with Crippen molar-refractivity contribution in [1.82, 2.24) is 10.3 Å². The number of carbonyl (C=O) groups is 1. The van der Waals surface area contributed by atoms with E-state index in [-0.39, 0.29) is 5.75 Å². The van der Waals surface area contributed by atoms with Gasteiger partial charge >= 0.3 is 6.09 Å². The molecule has 0 radical (unpaired) electrons. The van der Waals surface area contributed by atoms with Crippen molar-refractivity contribution in [1.29, 1.82) is 0 Å². The Morgan fingerprint density at radius 2 is 2.11 bits per heavy atom. The molecule has 0 fully saturated rings. The molecule has 6 nitrogen and oxygen atoms in total. The number of hydrogen-bond donors (Lipinski definition) is 2. The quantitative estimate of drug-likeness (QED) is 0.886. The number of carbonyl (C=O) groups excluding carboxylic acids is 1. The van der Waals surface area contributed by atoms with Gasteiger partial charge in [-0.05, 0) is 32.9 Å². The molecule has 1 amide bonds. The molecule has 108 valence electrons. The van der Waals surface area contributed by atoms with Crippen LogP contribution in [-0.4, -0.2) is 30.8 Å². The minimum atomic E-state index is -3.55. The molecule has 1 aromatic heterocycles. The molecule has 0 bridgehead atoms. The maximum absolute atomic E-state index is 12.0.